The number of aromatic nitrogens is 2. The molecule has 2 unspecified atom stereocenters. The highest BCUT2D eigenvalue weighted by Gasteiger charge is 2.40. The number of anilines is 2. The number of likely N-dealkylation sites (tertiary alicyclic amines) is 1. The first-order chi connectivity index (χ1) is 12.0. The summed E-state index contributed by atoms with van der Waals surface area (Å²) in [5, 5.41) is 0.431. The monoisotopic (exact) mass is 347 g/mol. The molecule has 134 valence electrons. The molecule has 7 nitrogen and oxygen atoms in total. The molecule has 0 aliphatic carbocycles. The third-order valence-corrected chi connectivity index (χ3v) is 5.19. The van der Waals surface area contributed by atoms with E-state index in [1.54, 1.807) is 6.07 Å². The molecule has 0 spiro atoms. The number of piperazine rings is 1. The van der Waals surface area contributed by atoms with E-state index in [2.05, 4.69) is 26.8 Å². The minimum Gasteiger partial charge on any atom is -0.493 e. The van der Waals surface area contributed by atoms with Crippen LogP contribution in [0.25, 0.3) is 10.9 Å². The van der Waals surface area contributed by atoms with Gasteiger partial charge in [-0.2, -0.15) is 4.98 Å². The smallest absolute Gasteiger partial charge is 0.228 e. The van der Waals surface area contributed by atoms with Gasteiger partial charge in [-0.15, -0.1) is 0 Å². The number of methoxy groups -OCH3 is 2. The Morgan fingerprint density at radius 3 is 2.44 bits per heavy atom. The Bertz CT molecular complexity index is 817. The standard InChI is InChI=1S/C17H22FN5O2/c1-22-7-9-4-5-10(8-22)23(9)17-20-14-11(16(19)21-17)6-12(24-2)15(25-3)13(14)18/h6,9-10H,4-5,7-8H2,1-3H3,(H2,19,20,21). The predicted molar refractivity (Wildman–Crippen MR) is 93.8 cm³/mol. The molecule has 25 heavy (non-hydrogen) atoms. The maximum Gasteiger partial charge on any atom is 0.228 e. The summed E-state index contributed by atoms with van der Waals surface area (Å²) < 4.78 is 25.3. The fourth-order valence-electron chi connectivity index (χ4n) is 4.09. The molecule has 2 aromatic rings. The molecule has 2 saturated heterocycles. The van der Waals surface area contributed by atoms with Crippen molar-refractivity contribution in [3.05, 3.63) is 11.9 Å². The number of rotatable bonds is 3. The Hall–Kier alpha value is -2.35. The van der Waals surface area contributed by atoms with Crippen LogP contribution >= 0.6 is 0 Å². The molecule has 2 N–H and O–H groups in total. The van der Waals surface area contributed by atoms with E-state index in [1.807, 2.05) is 0 Å². The summed E-state index contributed by atoms with van der Waals surface area (Å²) in [5.74, 6) is 0.471. The Labute approximate surface area is 145 Å². The minimum absolute atomic E-state index is 0.0281. The Balaban J connectivity index is 1.86. The van der Waals surface area contributed by atoms with E-state index in [0.29, 0.717) is 23.4 Å². The van der Waals surface area contributed by atoms with Gasteiger partial charge < -0.3 is 25.0 Å². The van der Waals surface area contributed by atoms with Crippen molar-refractivity contribution in [3.63, 3.8) is 0 Å². The second-order valence-corrected chi connectivity index (χ2v) is 6.74. The fraction of sp³-hybridized carbons (Fsp3) is 0.529. The lowest BCUT2D eigenvalue weighted by atomic mass is 10.2. The quantitative estimate of drug-likeness (QED) is 0.905. The highest BCUT2D eigenvalue weighted by atomic mass is 19.1. The minimum atomic E-state index is -0.575. The number of nitrogens with zero attached hydrogens (tertiary/aromatic N) is 4. The van der Waals surface area contributed by atoms with Crippen LogP contribution in [0.4, 0.5) is 16.2 Å². The lowest BCUT2D eigenvalue weighted by Crippen LogP contribution is -2.53. The molecule has 4 rings (SSSR count). The van der Waals surface area contributed by atoms with Gasteiger partial charge in [0.25, 0.3) is 0 Å². The zero-order valence-corrected chi connectivity index (χ0v) is 14.6. The number of halogens is 1. The second kappa shape index (κ2) is 5.87. The van der Waals surface area contributed by atoms with Gasteiger partial charge in [-0.3, -0.25) is 0 Å². The maximum absolute atomic E-state index is 14.9. The molecule has 3 heterocycles. The highest BCUT2D eigenvalue weighted by molar-refractivity contribution is 5.92. The van der Waals surface area contributed by atoms with Crippen molar-refractivity contribution >= 4 is 22.7 Å². The number of ether oxygens (including phenoxy) is 2. The van der Waals surface area contributed by atoms with Gasteiger partial charge in [0, 0.05) is 30.6 Å². The van der Waals surface area contributed by atoms with Crippen molar-refractivity contribution in [3.8, 4) is 11.5 Å². The molecule has 1 aromatic heterocycles. The van der Waals surface area contributed by atoms with Gasteiger partial charge in [-0.05, 0) is 26.0 Å². The maximum atomic E-state index is 14.9. The highest BCUT2D eigenvalue weighted by Crippen LogP contribution is 2.39. The van der Waals surface area contributed by atoms with Crippen LogP contribution in [0.15, 0.2) is 6.07 Å². The number of hydrogen-bond donors (Lipinski definition) is 1. The molecule has 2 atom stereocenters. The first-order valence-electron chi connectivity index (χ1n) is 8.38. The average Bonchev–Trinajstić information content (AvgIpc) is 2.86. The molecule has 0 saturated carbocycles. The van der Waals surface area contributed by atoms with E-state index in [0.717, 1.165) is 25.9 Å². The average molecular weight is 347 g/mol. The largest absolute Gasteiger partial charge is 0.493 e. The van der Waals surface area contributed by atoms with Crippen molar-refractivity contribution in [1.29, 1.82) is 0 Å². The van der Waals surface area contributed by atoms with E-state index in [4.69, 9.17) is 15.2 Å². The zero-order valence-electron chi connectivity index (χ0n) is 14.6. The predicted octanol–water partition coefficient (Wildman–Crippen LogP) is 1.65. The van der Waals surface area contributed by atoms with Gasteiger partial charge >= 0.3 is 0 Å². The molecule has 2 aliphatic heterocycles. The molecule has 2 fully saturated rings. The first kappa shape index (κ1) is 16.1. The van der Waals surface area contributed by atoms with Crippen LogP contribution in [0, 0.1) is 5.82 Å². The molecular weight excluding hydrogens is 325 g/mol. The van der Waals surface area contributed by atoms with Crippen molar-refractivity contribution in [2.45, 2.75) is 24.9 Å². The van der Waals surface area contributed by atoms with Crippen LogP contribution in [0.3, 0.4) is 0 Å². The van der Waals surface area contributed by atoms with Gasteiger partial charge in [-0.1, -0.05) is 0 Å². The second-order valence-electron chi connectivity index (χ2n) is 6.74. The molecule has 2 bridgehead atoms. The summed E-state index contributed by atoms with van der Waals surface area (Å²) >= 11 is 0. The number of nitrogens with two attached hydrogens (primary N) is 1. The number of benzene rings is 1. The Morgan fingerprint density at radius 2 is 1.84 bits per heavy atom. The number of likely N-dealkylation sites (N-methyl/N-ethyl adjacent to an activating group) is 1. The zero-order chi connectivity index (χ0) is 17.7. The van der Waals surface area contributed by atoms with Crippen molar-refractivity contribution < 1.29 is 13.9 Å². The number of fused-ring (bicyclic) bond motifs is 3. The SMILES string of the molecule is COc1cc2c(N)nc(N3C4CCC3CN(C)C4)nc2c(F)c1OC. The lowest BCUT2D eigenvalue weighted by molar-refractivity contribution is 0.263. The number of hydrogen-bond acceptors (Lipinski definition) is 7. The van der Waals surface area contributed by atoms with E-state index >= 15 is 0 Å². The van der Waals surface area contributed by atoms with Gasteiger partial charge in [0.2, 0.25) is 5.95 Å². The van der Waals surface area contributed by atoms with Crippen molar-refractivity contribution in [2.24, 2.45) is 0 Å². The fourth-order valence-corrected chi connectivity index (χ4v) is 4.09. The van der Waals surface area contributed by atoms with Gasteiger partial charge in [0.05, 0.1) is 14.2 Å². The third kappa shape index (κ3) is 2.43. The van der Waals surface area contributed by atoms with Gasteiger partial charge in [0.15, 0.2) is 17.3 Å². The van der Waals surface area contributed by atoms with Crippen LogP contribution < -0.4 is 20.1 Å². The summed E-state index contributed by atoms with van der Waals surface area (Å²) in [5.41, 5.74) is 6.30. The summed E-state index contributed by atoms with van der Waals surface area (Å²) in [4.78, 5) is 13.5. The molecule has 2 aliphatic rings. The summed E-state index contributed by atoms with van der Waals surface area (Å²) in [6, 6.07) is 2.29. The first-order valence-corrected chi connectivity index (χ1v) is 8.38. The molecule has 1 aromatic carbocycles. The van der Waals surface area contributed by atoms with Crippen LogP contribution in [0.1, 0.15) is 12.8 Å². The molecule has 8 heteroatoms. The molecule has 0 radical (unpaired) electrons. The normalized spacial score (nSPS) is 23.3. The summed E-state index contributed by atoms with van der Waals surface area (Å²) in [6.45, 7) is 1.90. The van der Waals surface area contributed by atoms with E-state index in [9.17, 15) is 4.39 Å². The topological polar surface area (TPSA) is 76.7 Å². The lowest BCUT2D eigenvalue weighted by Gasteiger charge is -2.39. The summed E-state index contributed by atoms with van der Waals surface area (Å²) in [6.07, 6.45) is 2.18. The van der Waals surface area contributed by atoms with Crippen molar-refractivity contribution in [1.82, 2.24) is 14.9 Å². The Morgan fingerprint density at radius 1 is 1.16 bits per heavy atom. The van der Waals surface area contributed by atoms with E-state index in [1.165, 1.54) is 14.2 Å². The molecule has 0 amide bonds. The number of nitrogen functional groups attached to an aromatic ring is 1. The van der Waals surface area contributed by atoms with Crippen LogP contribution in [-0.4, -0.2) is 61.3 Å². The van der Waals surface area contributed by atoms with Crippen LogP contribution in [-0.2, 0) is 0 Å². The Kier molecular flexibility index (Phi) is 3.79. The summed E-state index contributed by atoms with van der Waals surface area (Å²) in [7, 11) is 4.98. The van der Waals surface area contributed by atoms with E-state index < -0.39 is 5.82 Å². The van der Waals surface area contributed by atoms with Gasteiger partial charge in [-0.25, -0.2) is 9.37 Å². The van der Waals surface area contributed by atoms with Crippen molar-refractivity contribution in [2.75, 3.05) is 45.0 Å². The van der Waals surface area contributed by atoms with Gasteiger partial charge in [0.1, 0.15) is 11.3 Å². The van der Waals surface area contributed by atoms with Crippen LogP contribution in [0.2, 0.25) is 0 Å². The molecular formula is C17H22FN5O2. The van der Waals surface area contributed by atoms with Crippen LogP contribution in [0.5, 0.6) is 11.5 Å². The van der Waals surface area contributed by atoms with E-state index in [-0.39, 0.29) is 22.8 Å². The third-order valence-electron chi connectivity index (χ3n) is 5.19.